The molecule has 4 N–H and O–H groups in total. The van der Waals surface area contributed by atoms with E-state index in [9.17, 15) is 24.1 Å². The summed E-state index contributed by atoms with van der Waals surface area (Å²) in [6, 6.07) is -0.591. The summed E-state index contributed by atoms with van der Waals surface area (Å²) in [5, 5.41) is 33.3. The predicted molar refractivity (Wildman–Crippen MR) is 90.3 cm³/mol. The van der Waals surface area contributed by atoms with Crippen LogP contribution >= 0.6 is 0 Å². The standard InChI is InChI=1S/C18H31F2NO4/c1-2-18(6-4-3-5-7-18)8-9-21-13-10-12(11-25-17(19)20)14(22)16(24)15(13)23/h10,13-17,21-24H,2-9,11H2,1H3/t13-,14+,15+,16+/m1/s1. The third-order valence-electron chi connectivity index (χ3n) is 5.89. The highest BCUT2D eigenvalue weighted by Gasteiger charge is 2.38. The first kappa shape index (κ1) is 20.7. The lowest BCUT2D eigenvalue weighted by molar-refractivity contribution is -0.129. The van der Waals surface area contributed by atoms with Crippen LogP contribution in [0.1, 0.15) is 51.9 Å². The molecule has 0 aliphatic heterocycles. The van der Waals surface area contributed by atoms with Gasteiger partial charge in [0.1, 0.15) is 18.3 Å². The van der Waals surface area contributed by atoms with Gasteiger partial charge < -0.3 is 25.4 Å². The topological polar surface area (TPSA) is 82.0 Å². The summed E-state index contributed by atoms with van der Waals surface area (Å²) in [4.78, 5) is 0. The third kappa shape index (κ3) is 5.44. The normalized spacial score (nSPS) is 32.7. The highest BCUT2D eigenvalue weighted by Crippen LogP contribution is 2.41. The van der Waals surface area contributed by atoms with Crippen LogP contribution in [0.2, 0.25) is 0 Å². The molecule has 0 amide bonds. The van der Waals surface area contributed by atoms with Gasteiger partial charge in [0.2, 0.25) is 0 Å². The van der Waals surface area contributed by atoms with E-state index in [2.05, 4.69) is 17.0 Å². The van der Waals surface area contributed by atoms with E-state index in [-0.39, 0.29) is 5.57 Å². The quantitative estimate of drug-likeness (QED) is 0.496. The monoisotopic (exact) mass is 363 g/mol. The Bertz CT molecular complexity index is 441. The Kier molecular flexibility index (Phi) is 7.76. The Morgan fingerprint density at radius 3 is 2.48 bits per heavy atom. The third-order valence-corrected chi connectivity index (χ3v) is 5.89. The molecule has 0 aromatic carbocycles. The second-order valence-corrected chi connectivity index (χ2v) is 7.38. The van der Waals surface area contributed by atoms with Crippen LogP contribution in [-0.4, -0.2) is 59.4 Å². The number of ether oxygens (including phenoxy) is 1. The molecular weight excluding hydrogens is 332 g/mol. The van der Waals surface area contributed by atoms with Gasteiger partial charge in [0.25, 0.3) is 0 Å². The van der Waals surface area contributed by atoms with E-state index in [1.165, 1.54) is 38.2 Å². The molecule has 5 nitrogen and oxygen atoms in total. The molecule has 0 aromatic heterocycles. The first-order chi connectivity index (χ1) is 11.9. The number of aliphatic hydroxyl groups is 3. The van der Waals surface area contributed by atoms with Crippen LogP contribution in [0.3, 0.4) is 0 Å². The molecular formula is C18H31F2NO4. The zero-order valence-corrected chi connectivity index (χ0v) is 14.8. The molecule has 0 spiro atoms. The van der Waals surface area contributed by atoms with E-state index in [1.807, 2.05) is 0 Å². The number of rotatable bonds is 8. The maximum Gasteiger partial charge on any atom is 0.345 e. The molecule has 25 heavy (non-hydrogen) atoms. The lowest BCUT2D eigenvalue weighted by Crippen LogP contribution is -2.54. The van der Waals surface area contributed by atoms with Crippen molar-refractivity contribution in [3.8, 4) is 0 Å². The lowest BCUT2D eigenvalue weighted by Gasteiger charge is -2.38. The van der Waals surface area contributed by atoms with Crippen LogP contribution < -0.4 is 5.32 Å². The Hall–Kier alpha value is -0.600. The van der Waals surface area contributed by atoms with Crippen molar-refractivity contribution in [1.82, 2.24) is 5.32 Å². The summed E-state index contributed by atoms with van der Waals surface area (Å²) in [7, 11) is 0. The fourth-order valence-electron chi connectivity index (χ4n) is 4.10. The highest BCUT2D eigenvalue weighted by molar-refractivity contribution is 5.21. The number of nitrogens with one attached hydrogen (secondary N) is 1. The molecule has 0 saturated heterocycles. The summed E-state index contributed by atoms with van der Waals surface area (Å²) in [5.74, 6) is 0. The molecule has 0 radical (unpaired) electrons. The van der Waals surface area contributed by atoms with Crippen LogP contribution in [-0.2, 0) is 4.74 Å². The van der Waals surface area contributed by atoms with Crippen molar-refractivity contribution in [2.75, 3.05) is 13.2 Å². The molecule has 0 bridgehead atoms. The minimum Gasteiger partial charge on any atom is -0.388 e. The molecule has 1 fully saturated rings. The molecule has 2 aliphatic rings. The average molecular weight is 363 g/mol. The van der Waals surface area contributed by atoms with Crippen molar-refractivity contribution in [3.63, 3.8) is 0 Å². The number of hydrogen-bond acceptors (Lipinski definition) is 5. The van der Waals surface area contributed by atoms with Crippen LogP contribution in [0.15, 0.2) is 11.6 Å². The largest absolute Gasteiger partial charge is 0.388 e. The van der Waals surface area contributed by atoms with Gasteiger partial charge in [-0.25, -0.2) is 0 Å². The van der Waals surface area contributed by atoms with Crippen LogP contribution in [0.25, 0.3) is 0 Å². The summed E-state index contributed by atoms with van der Waals surface area (Å²) in [6.07, 6.45) is 5.80. The first-order valence-electron chi connectivity index (χ1n) is 9.26. The van der Waals surface area contributed by atoms with Gasteiger partial charge >= 0.3 is 6.61 Å². The van der Waals surface area contributed by atoms with E-state index in [4.69, 9.17) is 0 Å². The fraction of sp³-hybridized carbons (Fsp3) is 0.889. The maximum atomic E-state index is 12.2. The van der Waals surface area contributed by atoms with Crippen molar-refractivity contribution < 1.29 is 28.8 Å². The maximum absolute atomic E-state index is 12.2. The Labute approximate surface area is 148 Å². The summed E-state index contributed by atoms with van der Waals surface area (Å²) in [5.41, 5.74) is 0.493. The average Bonchev–Trinajstić information content (AvgIpc) is 2.61. The van der Waals surface area contributed by atoms with Gasteiger partial charge in [0.15, 0.2) is 0 Å². The van der Waals surface area contributed by atoms with Crippen LogP contribution in [0, 0.1) is 5.41 Å². The molecule has 2 rings (SSSR count). The Balaban J connectivity index is 1.93. The van der Waals surface area contributed by atoms with E-state index in [0.717, 1.165) is 12.8 Å². The molecule has 2 aliphatic carbocycles. The van der Waals surface area contributed by atoms with Gasteiger partial charge in [0, 0.05) is 0 Å². The number of alkyl halides is 2. The molecule has 0 aromatic rings. The van der Waals surface area contributed by atoms with Crippen molar-refractivity contribution in [2.45, 2.75) is 82.8 Å². The summed E-state index contributed by atoms with van der Waals surface area (Å²) < 4.78 is 28.7. The Morgan fingerprint density at radius 2 is 1.88 bits per heavy atom. The van der Waals surface area contributed by atoms with Crippen molar-refractivity contribution >= 4 is 0 Å². The smallest absolute Gasteiger partial charge is 0.345 e. The van der Waals surface area contributed by atoms with Crippen molar-refractivity contribution in [3.05, 3.63) is 11.6 Å². The number of halogens is 2. The molecule has 0 heterocycles. The van der Waals surface area contributed by atoms with Gasteiger partial charge in [-0.15, -0.1) is 0 Å². The fourth-order valence-corrected chi connectivity index (χ4v) is 4.10. The van der Waals surface area contributed by atoms with E-state index >= 15 is 0 Å². The molecule has 146 valence electrons. The van der Waals surface area contributed by atoms with Crippen molar-refractivity contribution in [1.29, 1.82) is 0 Å². The van der Waals surface area contributed by atoms with Gasteiger partial charge in [-0.2, -0.15) is 8.78 Å². The van der Waals surface area contributed by atoms with E-state index in [0.29, 0.717) is 12.0 Å². The highest BCUT2D eigenvalue weighted by atomic mass is 19.3. The van der Waals surface area contributed by atoms with E-state index in [1.54, 1.807) is 0 Å². The molecule has 1 saturated carbocycles. The molecule has 4 atom stereocenters. The van der Waals surface area contributed by atoms with Gasteiger partial charge in [-0.05, 0) is 36.8 Å². The Morgan fingerprint density at radius 1 is 1.20 bits per heavy atom. The lowest BCUT2D eigenvalue weighted by atomic mass is 9.70. The van der Waals surface area contributed by atoms with Gasteiger partial charge in [-0.3, -0.25) is 0 Å². The second kappa shape index (κ2) is 9.37. The van der Waals surface area contributed by atoms with E-state index < -0.39 is 37.6 Å². The van der Waals surface area contributed by atoms with Crippen LogP contribution in [0.4, 0.5) is 8.78 Å². The summed E-state index contributed by atoms with van der Waals surface area (Å²) in [6.45, 7) is -0.544. The van der Waals surface area contributed by atoms with Crippen molar-refractivity contribution in [2.24, 2.45) is 5.41 Å². The predicted octanol–water partition coefficient (Wildman–Crippen LogP) is 1.96. The molecule has 0 unspecified atom stereocenters. The zero-order valence-electron chi connectivity index (χ0n) is 14.8. The minimum atomic E-state index is -2.95. The van der Waals surface area contributed by atoms with Gasteiger partial charge in [0.05, 0.1) is 12.6 Å². The number of aliphatic hydroxyl groups excluding tert-OH is 3. The van der Waals surface area contributed by atoms with Crippen LogP contribution in [0.5, 0.6) is 0 Å². The first-order valence-corrected chi connectivity index (χ1v) is 9.26. The minimum absolute atomic E-state index is 0.165. The molecule has 7 heteroatoms. The zero-order chi connectivity index (χ0) is 18.4. The number of hydrogen-bond donors (Lipinski definition) is 4. The van der Waals surface area contributed by atoms with Gasteiger partial charge in [-0.1, -0.05) is 38.7 Å². The SMILES string of the molecule is CCC1(CCN[C@@H]2C=C(COC(F)F)[C@H](O)[C@H](O)[C@H]2O)CCCCC1. The summed E-state index contributed by atoms with van der Waals surface area (Å²) >= 11 is 0. The second-order valence-electron chi connectivity index (χ2n) is 7.38.